The monoisotopic (exact) mass is 261 g/mol. The normalized spacial score (nSPS) is 12.9. The van der Waals surface area contributed by atoms with E-state index >= 15 is 0 Å². The van der Waals surface area contributed by atoms with E-state index in [4.69, 9.17) is 15.3 Å². The van der Waals surface area contributed by atoms with Gasteiger partial charge >= 0.3 is 5.97 Å². The van der Waals surface area contributed by atoms with Gasteiger partial charge < -0.3 is 4.74 Å². The average molecular weight is 261 g/mol. The molecule has 0 saturated carbocycles. The molecule has 92 valence electrons. The Balaban J connectivity index is 2.92. The summed E-state index contributed by atoms with van der Waals surface area (Å²) in [6.07, 6.45) is 0.723. The molecule has 0 saturated heterocycles. The standard InChI is InChI=1S/C12H11N3O2S/c1-8(6-13)17-12(16)10-4-3-5-15-11(10)18-9(2)7-14/h3-5,8-9H,1-2H3/t8-,9-/m1/s1. The fourth-order valence-corrected chi connectivity index (χ4v) is 1.87. The van der Waals surface area contributed by atoms with Crippen LogP contribution >= 0.6 is 11.8 Å². The summed E-state index contributed by atoms with van der Waals surface area (Å²) >= 11 is 1.18. The molecule has 0 aromatic carbocycles. The predicted octanol–water partition coefficient (Wildman–Crippen LogP) is 2.15. The van der Waals surface area contributed by atoms with Gasteiger partial charge in [-0.3, -0.25) is 0 Å². The van der Waals surface area contributed by atoms with E-state index in [1.54, 1.807) is 19.1 Å². The second-order valence-electron chi connectivity index (χ2n) is 3.42. The summed E-state index contributed by atoms with van der Waals surface area (Å²) in [6, 6.07) is 7.03. The number of ether oxygens (including phenoxy) is 1. The number of thioether (sulfide) groups is 1. The molecule has 0 aliphatic carbocycles. The summed E-state index contributed by atoms with van der Waals surface area (Å²) in [7, 11) is 0. The van der Waals surface area contributed by atoms with Gasteiger partial charge in [0.05, 0.1) is 16.9 Å². The van der Waals surface area contributed by atoms with E-state index in [2.05, 4.69) is 11.1 Å². The highest BCUT2D eigenvalue weighted by molar-refractivity contribution is 8.00. The lowest BCUT2D eigenvalue weighted by Crippen LogP contribution is -2.14. The van der Waals surface area contributed by atoms with Crippen LogP contribution in [0.4, 0.5) is 0 Å². The molecule has 0 spiro atoms. The van der Waals surface area contributed by atoms with Crippen molar-refractivity contribution in [2.24, 2.45) is 0 Å². The van der Waals surface area contributed by atoms with Crippen molar-refractivity contribution in [3.63, 3.8) is 0 Å². The Bertz CT molecular complexity index is 519. The lowest BCUT2D eigenvalue weighted by atomic mass is 10.3. The van der Waals surface area contributed by atoms with E-state index in [9.17, 15) is 4.79 Å². The van der Waals surface area contributed by atoms with E-state index in [-0.39, 0.29) is 10.8 Å². The first-order valence-electron chi connectivity index (χ1n) is 5.20. The largest absolute Gasteiger partial charge is 0.444 e. The minimum absolute atomic E-state index is 0.270. The van der Waals surface area contributed by atoms with Crippen LogP contribution in [0.5, 0.6) is 0 Å². The quantitative estimate of drug-likeness (QED) is 0.609. The Labute approximate surface area is 109 Å². The number of carbonyl (C=O) groups excluding carboxylic acids is 1. The van der Waals surface area contributed by atoms with Crippen molar-refractivity contribution in [3.05, 3.63) is 23.9 Å². The van der Waals surface area contributed by atoms with Crippen molar-refractivity contribution in [2.45, 2.75) is 30.2 Å². The smallest absolute Gasteiger partial charge is 0.342 e. The molecule has 0 bridgehead atoms. The van der Waals surface area contributed by atoms with Crippen molar-refractivity contribution in [2.75, 3.05) is 0 Å². The summed E-state index contributed by atoms with van der Waals surface area (Å²) < 4.78 is 4.91. The van der Waals surface area contributed by atoms with Gasteiger partial charge in [-0.25, -0.2) is 9.78 Å². The van der Waals surface area contributed by atoms with Crippen LogP contribution in [0.1, 0.15) is 24.2 Å². The first-order valence-corrected chi connectivity index (χ1v) is 6.08. The van der Waals surface area contributed by atoms with Crippen LogP contribution in [0.2, 0.25) is 0 Å². The first kappa shape index (κ1) is 14.0. The van der Waals surface area contributed by atoms with Gasteiger partial charge in [0, 0.05) is 6.20 Å². The Morgan fingerprint density at radius 3 is 2.78 bits per heavy atom. The molecule has 0 amide bonds. The summed E-state index contributed by atoms with van der Waals surface area (Å²) in [4.78, 5) is 15.8. The molecule has 1 aromatic heterocycles. The molecule has 18 heavy (non-hydrogen) atoms. The molecule has 0 radical (unpaired) electrons. The van der Waals surface area contributed by atoms with Gasteiger partial charge in [0.25, 0.3) is 0 Å². The Kier molecular flexibility index (Phi) is 5.16. The zero-order valence-electron chi connectivity index (χ0n) is 9.95. The Morgan fingerprint density at radius 2 is 2.17 bits per heavy atom. The van der Waals surface area contributed by atoms with E-state index < -0.39 is 12.1 Å². The minimum atomic E-state index is -0.816. The van der Waals surface area contributed by atoms with Crippen LogP contribution in [0, 0.1) is 22.7 Å². The van der Waals surface area contributed by atoms with Gasteiger partial charge in [0.2, 0.25) is 0 Å². The number of carbonyl (C=O) groups is 1. The van der Waals surface area contributed by atoms with Crippen molar-refractivity contribution in [3.8, 4) is 12.1 Å². The zero-order valence-corrected chi connectivity index (χ0v) is 10.8. The Morgan fingerprint density at radius 1 is 1.44 bits per heavy atom. The summed E-state index contributed by atoms with van der Waals surface area (Å²) in [5.41, 5.74) is 0.270. The molecule has 5 nitrogen and oxygen atoms in total. The SMILES string of the molecule is C[C@H](C#N)OC(=O)c1cccnc1S[C@H](C)C#N. The van der Waals surface area contributed by atoms with Crippen LogP contribution in [-0.4, -0.2) is 22.3 Å². The van der Waals surface area contributed by atoms with Crippen LogP contribution in [0.3, 0.4) is 0 Å². The van der Waals surface area contributed by atoms with Crippen molar-refractivity contribution < 1.29 is 9.53 Å². The molecule has 1 heterocycles. The Hall–Kier alpha value is -2.05. The molecule has 0 unspecified atom stereocenters. The highest BCUT2D eigenvalue weighted by Gasteiger charge is 2.18. The second-order valence-corrected chi connectivity index (χ2v) is 4.75. The maximum absolute atomic E-state index is 11.8. The molecule has 0 aliphatic rings. The van der Waals surface area contributed by atoms with Crippen molar-refractivity contribution in [1.82, 2.24) is 4.98 Å². The highest BCUT2D eigenvalue weighted by atomic mass is 32.2. The predicted molar refractivity (Wildman–Crippen MR) is 65.7 cm³/mol. The molecular weight excluding hydrogens is 250 g/mol. The zero-order chi connectivity index (χ0) is 13.5. The molecule has 2 atom stereocenters. The third-order valence-corrected chi connectivity index (χ3v) is 2.93. The van der Waals surface area contributed by atoms with Gasteiger partial charge in [-0.15, -0.1) is 0 Å². The van der Waals surface area contributed by atoms with Crippen LogP contribution in [-0.2, 0) is 4.74 Å². The maximum atomic E-state index is 11.8. The first-order chi connectivity index (χ1) is 8.58. The van der Waals surface area contributed by atoms with E-state index in [1.165, 1.54) is 24.9 Å². The summed E-state index contributed by atoms with van der Waals surface area (Å²) in [5.74, 6) is -0.607. The minimum Gasteiger partial charge on any atom is -0.444 e. The van der Waals surface area contributed by atoms with E-state index in [1.807, 2.05) is 6.07 Å². The third kappa shape index (κ3) is 3.76. The van der Waals surface area contributed by atoms with Crippen LogP contribution in [0.25, 0.3) is 0 Å². The molecular formula is C12H11N3O2S. The van der Waals surface area contributed by atoms with E-state index in [0.29, 0.717) is 5.03 Å². The van der Waals surface area contributed by atoms with Crippen LogP contribution < -0.4 is 0 Å². The number of hydrogen-bond donors (Lipinski definition) is 0. The van der Waals surface area contributed by atoms with Crippen molar-refractivity contribution in [1.29, 1.82) is 10.5 Å². The van der Waals surface area contributed by atoms with Gasteiger partial charge in [-0.05, 0) is 26.0 Å². The number of nitriles is 2. The van der Waals surface area contributed by atoms with Gasteiger partial charge in [-0.1, -0.05) is 11.8 Å². The molecule has 1 rings (SSSR count). The van der Waals surface area contributed by atoms with Gasteiger partial charge in [0.1, 0.15) is 11.1 Å². The topological polar surface area (TPSA) is 86.8 Å². The average Bonchev–Trinajstić information content (AvgIpc) is 2.38. The molecule has 6 heteroatoms. The van der Waals surface area contributed by atoms with Gasteiger partial charge in [-0.2, -0.15) is 10.5 Å². The number of aromatic nitrogens is 1. The maximum Gasteiger partial charge on any atom is 0.342 e. The summed E-state index contributed by atoms with van der Waals surface area (Å²) in [6.45, 7) is 3.20. The number of esters is 1. The molecule has 0 N–H and O–H groups in total. The molecule has 1 aromatic rings. The fourth-order valence-electron chi connectivity index (χ4n) is 1.08. The highest BCUT2D eigenvalue weighted by Crippen LogP contribution is 2.24. The third-order valence-electron chi connectivity index (χ3n) is 1.93. The van der Waals surface area contributed by atoms with E-state index in [0.717, 1.165) is 0 Å². The second kappa shape index (κ2) is 6.63. The molecule has 0 fully saturated rings. The van der Waals surface area contributed by atoms with Crippen molar-refractivity contribution >= 4 is 17.7 Å². The number of pyridine rings is 1. The number of rotatable bonds is 4. The fraction of sp³-hybridized carbons (Fsp3) is 0.333. The van der Waals surface area contributed by atoms with Gasteiger partial charge in [0.15, 0.2) is 6.10 Å². The lowest BCUT2D eigenvalue weighted by molar-refractivity contribution is 0.0430. The number of nitrogens with zero attached hydrogens (tertiary/aromatic N) is 3. The number of hydrogen-bond acceptors (Lipinski definition) is 6. The van der Waals surface area contributed by atoms with Crippen LogP contribution in [0.15, 0.2) is 23.4 Å². The molecule has 0 aliphatic heterocycles. The lowest BCUT2D eigenvalue weighted by Gasteiger charge is -2.09. The summed E-state index contributed by atoms with van der Waals surface area (Å²) in [5, 5.41) is 17.5.